The summed E-state index contributed by atoms with van der Waals surface area (Å²) in [6.45, 7) is 6.29. The molecule has 0 aromatic heterocycles. The third-order valence-electron chi connectivity index (χ3n) is 10.7. The average molecular weight is 887 g/mol. The van der Waals surface area contributed by atoms with Gasteiger partial charge < -0.3 is 14.2 Å². The molecule has 0 saturated heterocycles. The molecular formula is C58H94O6. The van der Waals surface area contributed by atoms with E-state index in [2.05, 4.69) is 75.5 Å². The van der Waals surface area contributed by atoms with Gasteiger partial charge in [-0.2, -0.15) is 0 Å². The van der Waals surface area contributed by atoms with Gasteiger partial charge in [-0.3, -0.25) is 14.4 Å². The second kappa shape index (κ2) is 51.7. The average Bonchev–Trinajstić information content (AvgIpc) is 3.29. The minimum absolute atomic E-state index is 0.114. The largest absolute Gasteiger partial charge is 0.462 e. The van der Waals surface area contributed by atoms with Crippen LogP contribution in [0.4, 0.5) is 0 Å². The number of carbonyl (C=O) groups is 3. The highest BCUT2D eigenvalue weighted by Gasteiger charge is 2.19. The number of rotatable bonds is 45. The quantitative estimate of drug-likeness (QED) is 0.0199. The molecule has 0 aliphatic carbocycles. The molecule has 0 fully saturated rings. The molecule has 0 aliphatic heterocycles. The van der Waals surface area contributed by atoms with Gasteiger partial charge in [-0.25, -0.2) is 0 Å². The fourth-order valence-corrected chi connectivity index (χ4v) is 6.82. The fraction of sp³-hybridized carbons (Fsp3) is 0.638. The number of allylic oxidation sites excluding steroid dienone is 18. The summed E-state index contributed by atoms with van der Waals surface area (Å²) in [7, 11) is 0. The first-order chi connectivity index (χ1) is 31.5. The van der Waals surface area contributed by atoms with E-state index in [1.807, 2.05) is 54.7 Å². The van der Waals surface area contributed by atoms with Gasteiger partial charge in [0.2, 0.25) is 0 Å². The molecule has 0 aromatic rings. The Morgan fingerprint density at radius 1 is 0.344 bits per heavy atom. The molecule has 0 heterocycles. The summed E-state index contributed by atoms with van der Waals surface area (Å²) in [6, 6.07) is 0. The number of esters is 3. The van der Waals surface area contributed by atoms with E-state index < -0.39 is 6.10 Å². The maximum absolute atomic E-state index is 12.8. The highest BCUT2D eigenvalue weighted by molar-refractivity contribution is 5.71. The van der Waals surface area contributed by atoms with E-state index in [0.29, 0.717) is 19.3 Å². The Morgan fingerprint density at radius 2 is 0.703 bits per heavy atom. The number of hydrogen-bond acceptors (Lipinski definition) is 6. The van der Waals surface area contributed by atoms with Crippen LogP contribution in [0.15, 0.2) is 109 Å². The van der Waals surface area contributed by atoms with Crippen LogP contribution in [0.5, 0.6) is 0 Å². The zero-order valence-corrected chi connectivity index (χ0v) is 41.3. The molecule has 6 heteroatoms. The van der Waals surface area contributed by atoms with Gasteiger partial charge in [0.05, 0.1) is 0 Å². The Labute approximate surface area is 393 Å². The summed E-state index contributed by atoms with van der Waals surface area (Å²) >= 11 is 0. The second-order valence-corrected chi connectivity index (χ2v) is 16.8. The maximum Gasteiger partial charge on any atom is 0.306 e. The summed E-state index contributed by atoms with van der Waals surface area (Å²) in [5, 5.41) is 0. The van der Waals surface area contributed by atoms with Crippen LogP contribution in [0, 0.1) is 0 Å². The minimum Gasteiger partial charge on any atom is -0.462 e. The van der Waals surface area contributed by atoms with Crippen molar-refractivity contribution in [2.75, 3.05) is 13.2 Å². The van der Waals surface area contributed by atoms with Crippen LogP contribution >= 0.6 is 0 Å². The van der Waals surface area contributed by atoms with Crippen LogP contribution in [0.25, 0.3) is 0 Å². The predicted molar refractivity (Wildman–Crippen MR) is 274 cm³/mol. The predicted octanol–water partition coefficient (Wildman–Crippen LogP) is 17.1. The SMILES string of the molecule is CC\C=C/C=C\C=C/C=C\C=C/CCCC(=O)OCC(COC(=O)CCCCCCCCCCCCCCCCCCC)OC(=O)CCCCC/C=C\C/C=C\C/C=C\C/C=C\CC. The molecule has 0 saturated carbocycles. The first-order valence-corrected chi connectivity index (χ1v) is 26.0. The zero-order valence-electron chi connectivity index (χ0n) is 41.3. The van der Waals surface area contributed by atoms with Crippen molar-refractivity contribution in [3.8, 4) is 0 Å². The lowest BCUT2D eigenvalue weighted by Gasteiger charge is -2.18. The minimum atomic E-state index is -0.823. The summed E-state index contributed by atoms with van der Waals surface area (Å²) < 4.78 is 16.7. The van der Waals surface area contributed by atoms with Crippen molar-refractivity contribution in [1.29, 1.82) is 0 Å². The lowest BCUT2D eigenvalue weighted by Crippen LogP contribution is -2.30. The van der Waals surface area contributed by atoms with Crippen molar-refractivity contribution >= 4 is 17.9 Å². The summed E-state index contributed by atoms with van der Waals surface area (Å²) in [5.74, 6) is -1.03. The summed E-state index contributed by atoms with van der Waals surface area (Å²) in [4.78, 5) is 38.0. The molecule has 0 amide bonds. The van der Waals surface area contributed by atoms with E-state index in [9.17, 15) is 14.4 Å². The molecule has 0 aliphatic rings. The number of hydrogen-bond donors (Lipinski definition) is 0. The Morgan fingerprint density at radius 3 is 1.19 bits per heavy atom. The third kappa shape index (κ3) is 49.1. The molecule has 0 spiro atoms. The van der Waals surface area contributed by atoms with E-state index in [1.54, 1.807) is 0 Å². The zero-order chi connectivity index (χ0) is 46.5. The topological polar surface area (TPSA) is 78.9 Å². The molecule has 6 nitrogen and oxygen atoms in total. The molecule has 0 aromatic carbocycles. The van der Waals surface area contributed by atoms with Crippen molar-refractivity contribution in [3.05, 3.63) is 109 Å². The number of carbonyl (C=O) groups excluding carboxylic acids is 3. The lowest BCUT2D eigenvalue weighted by atomic mass is 10.0. The van der Waals surface area contributed by atoms with E-state index in [0.717, 1.165) is 77.0 Å². The maximum atomic E-state index is 12.8. The van der Waals surface area contributed by atoms with Crippen molar-refractivity contribution < 1.29 is 28.6 Å². The molecule has 0 rings (SSSR count). The van der Waals surface area contributed by atoms with Crippen LogP contribution in [-0.2, 0) is 28.6 Å². The molecule has 362 valence electrons. The highest BCUT2D eigenvalue weighted by Crippen LogP contribution is 2.15. The van der Waals surface area contributed by atoms with Gasteiger partial charge in [0.1, 0.15) is 13.2 Å². The van der Waals surface area contributed by atoms with Crippen LogP contribution in [0.2, 0.25) is 0 Å². The van der Waals surface area contributed by atoms with Crippen molar-refractivity contribution in [3.63, 3.8) is 0 Å². The Balaban J connectivity index is 4.51. The molecule has 0 N–H and O–H groups in total. The third-order valence-corrected chi connectivity index (χ3v) is 10.7. The molecule has 1 atom stereocenters. The fourth-order valence-electron chi connectivity index (χ4n) is 6.82. The van der Waals surface area contributed by atoms with Gasteiger partial charge in [-0.05, 0) is 70.6 Å². The van der Waals surface area contributed by atoms with Gasteiger partial charge in [-0.15, -0.1) is 0 Å². The molecule has 1 unspecified atom stereocenters. The second-order valence-electron chi connectivity index (χ2n) is 16.8. The molecule has 0 radical (unpaired) electrons. The normalized spacial score (nSPS) is 13.0. The molecular weight excluding hydrogens is 793 g/mol. The van der Waals surface area contributed by atoms with Gasteiger partial charge >= 0.3 is 17.9 Å². The van der Waals surface area contributed by atoms with Crippen LogP contribution in [-0.4, -0.2) is 37.2 Å². The highest BCUT2D eigenvalue weighted by atomic mass is 16.6. The smallest absolute Gasteiger partial charge is 0.306 e. The first-order valence-electron chi connectivity index (χ1n) is 26.0. The van der Waals surface area contributed by atoms with Crippen molar-refractivity contribution in [2.24, 2.45) is 0 Å². The van der Waals surface area contributed by atoms with Gasteiger partial charge in [0.25, 0.3) is 0 Å². The summed E-state index contributed by atoms with van der Waals surface area (Å²) in [6.07, 6.45) is 69.4. The van der Waals surface area contributed by atoms with Gasteiger partial charge in [0.15, 0.2) is 6.10 Å². The van der Waals surface area contributed by atoms with Gasteiger partial charge in [-0.1, -0.05) is 239 Å². The van der Waals surface area contributed by atoms with E-state index in [-0.39, 0.29) is 44.0 Å². The lowest BCUT2D eigenvalue weighted by molar-refractivity contribution is -0.167. The van der Waals surface area contributed by atoms with Crippen molar-refractivity contribution in [1.82, 2.24) is 0 Å². The first kappa shape index (κ1) is 60.1. The molecule has 64 heavy (non-hydrogen) atoms. The Bertz CT molecular complexity index is 1340. The van der Waals surface area contributed by atoms with E-state index in [4.69, 9.17) is 14.2 Å². The summed E-state index contributed by atoms with van der Waals surface area (Å²) in [5.41, 5.74) is 0. The Hall–Kier alpha value is -3.93. The standard InChI is InChI=1S/C58H94O6/c1-4-7-10-13-16-19-22-25-27-29-31-33-36-39-42-45-48-51-57(60)63-54-55(53-62-56(59)50-47-44-41-38-35-32-24-21-18-15-12-9-6-3)64-58(61)52-49-46-43-40-37-34-30-28-26-23-20-17-14-11-8-5-2/h8-9,11-12,15,17-18,20-21,24,26,28,32,34-35,37-38,41,55H,4-7,10,13-14,16,19,22-23,25,27,29-31,33,36,39-40,42-54H2,1-3H3/b11-8-,12-9-,18-15-,20-17-,24-21-,28-26-,35-32-,37-34-,41-38-. The Kier molecular flexibility index (Phi) is 48.5. The van der Waals surface area contributed by atoms with Crippen LogP contribution in [0.1, 0.15) is 220 Å². The van der Waals surface area contributed by atoms with E-state index >= 15 is 0 Å². The number of unbranched alkanes of at least 4 members (excludes halogenated alkanes) is 20. The van der Waals surface area contributed by atoms with E-state index in [1.165, 1.54) is 89.9 Å². The monoisotopic (exact) mass is 887 g/mol. The van der Waals surface area contributed by atoms with Crippen LogP contribution in [0.3, 0.4) is 0 Å². The number of ether oxygens (including phenoxy) is 3. The molecule has 0 bridgehead atoms. The van der Waals surface area contributed by atoms with Crippen LogP contribution < -0.4 is 0 Å². The van der Waals surface area contributed by atoms with Gasteiger partial charge in [0, 0.05) is 19.3 Å². The van der Waals surface area contributed by atoms with Crippen molar-refractivity contribution in [2.45, 2.75) is 226 Å².